The van der Waals surface area contributed by atoms with E-state index in [0.29, 0.717) is 12.4 Å². The molecule has 0 spiro atoms. The normalized spacial score (nSPS) is 11.7. The van der Waals surface area contributed by atoms with Crippen molar-refractivity contribution >= 4 is 5.88 Å². The average molecular weight is 266 g/mol. The van der Waals surface area contributed by atoms with Crippen molar-refractivity contribution in [1.29, 1.82) is 0 Å². The monoisotopic (exact) mass is 266 g/mol. The fourth-order valence-corrected chi connectivity index (χ4v) is 1.31. The van der Waals surface area contributed by atoms with Crippen molar-refractivity contribution in [3.8, 4) is 11.6 Å². The molecule has 8 nitrogen and oxygen atoms in total. The molecule has 0 aliphatic heterocycles. The molecule has 2 heterocycles. The van der Waals surface area contributed by atoms with Crippen LogP contribution in [0.3, 0.4) is 0 Å². The van der Waals surface area contributed by atoms with Gasteiger partial charge in [-0.1, -0.05) is 5.16 Å². The molecule has 0 atom stereocenters. The zero-order valence-corrected chi connectivity index (χ0v) is 10.8. The fourth-order valence-electron chi connectivity index (χ4n) is 1.31. The fraction of sp³-hybridized carbons (Fsp3) is 0.455. The minimum Gasteiger partial charge on any atom is -0.397 e. The standard InChI is InChI=1S/C11H14N4O4/c1-11(2,3)12-6-8-13-10(14-19-8)7-4-5-9(18-7)15(16)17/h4-5,12H,6H2,1-3H3. The number of furan rings is 1. The molecule has 0 saturated carbocycles. The topological polar surface area (TPSA) is 107 Å². The Balaban J connectivity index is 2.09. The highest BCUT2D eigenvalue weighted by Crippen LogP contribution is 2.23. The van der Waals surface area contributed by atoms with Crippen molar-refractivity contribution in [1.82, 2.24) is 15.5 Å². The summed E-state index contributed by atoms with van der Waals surface area (Å²) in [6.45, 7) is 6.46. The first-order valence-electron chi connectivity index (χ1n) is 5.67. The molecule has 0 radical (unpaired) electrons. The number of hydrogen-bond acceptors (Lipinski definition) is 7. The van der Waals surface area contributed by atoms with Crippen molar-refractivity contribution in [2.45, 2.75) is 32.9 Å². The van der Waals surface area contributed by atoms with Crippen LogP contribution in [-0.2, 0) is 6.54 Å². The van der Waals surface area contributed by atoms with E-state index < -0.39 is 4.92 Å². The molecule has 2 aromatic rings. The third kappa shape index (κ3) is 3.38. The highest BCUT2D eigenvalue weighted by molar-refractivity contribution is 5.47. The van der Waals surface area contributed by atoms with Crippen molar-refractivity contribution in [3.63, 3.8) is 0 Å². The van der Waals surface area contributed by atoms with Crippen molar-refractivity contribution in [2.24, 2.45) is 0 Å². The van der Waals surface area contributed by atoms with Crippen molar-refractivity contribution in [3.05, 3.63) is 28.1 Å². The molecule has 0 aliphatic rings. The molecular formula is C11H14N4O4. The van der Waals surface area contributed by atoms with Gasteiger partial charge in [-0.05, 0) is 26.8 Å². The summed E-state index contributed by atoms with van der Waals surface area (Å²) in [6.07, 6.45) is 0. The predicted octanol–water partition coefficient (Wildman–Crippen LogP) is 2.13. The van der Waals surface area contributed by atoms with Gasteiger partial charge in [-0.2, -0.15) is 4.98 Å². The molecule has 0 unspecified atom stereocenters. The lowest BCUT2D eigenvalue weighted by molar-refractivity contribution is -0.401. The van der Waals surface area contributed by atoms with Crippen LogP contribution in [0.4, 0.5) is 5.88 Å². The second-order valence-corrected chi connectivity index (χ2v) is 5.01. The molecule has 0 aliphatic carbocycles. The van der Waals surface area contributed by atoms with Crippen LogP contribution in [0.25, 0.3) is 11.6 Å². The first kappa shape index (κ1) is 13.2. The maximum atomic E-state index is 10.5. The van der Waals surface area contributed by atoms with Crippen LogP contribution < -0.4 is 5.32 Å². The minimum atomic E-state index is -0.619. The van der Waals surface area contributed by atoms with Gasteiger partial charge in [-0.3, -0.25) is 10.1 Å². The summed E-state index contributed by atoms with van der Waals surface area (Å²) in [5, 5.41) is 17.4. The Hall–Kier alpha value is -2.22. The molecule has 0 fully saturated rings. The Morgan fingerprint density at radius 3 is 2.74 bits per heavy atom. The summed E-state index contributed by atoms with van der Waals surface area (Å²) in [5.41, 5.74) is -0.0713. The third-order valence-electron chi connectivity index (χ3n) is 2.23. The number of nitro groups is 1. The molecule has 0 saturated heterocycles. The molecule has 1 N–H and O–H groups in total. The van der Waals surface area contributed by atoms with Crippen LogP contribution in [0.2, 0.25) is 0 Å². The first-order valence-corrected chi connectivity index (χ1v) is 5.67. The van der Waals surface area contributed by atoms with E-state index >= 15 is 0 Å². The quantitative estimate of drug-likeness (QED) is 0.667. The largest absolute Gasteiger partial charge is 0.433 e. The van der Waals surface area contributed by atoms with Gasteiger partial charge in [-0.15, -0.1) is 0 Å². The lowest BCUT2D eigenvalue weighted by Gasteiger charge is -2.18. The van der Waals surface area contributed by atoms with Crippen molar-refractivity contribution in [2.75, 3.05) is 0 Å². The van der Waals surface area contributed by atoms with Crippen LogP contribution in [0.1, 0.15) is 26.7 Å². The van der Waals surface area contributed by atoms with Gasteiger partial charge >= 0.3 is 5.88 Å². The molecular weight excluding hydrogens is 252 g/mol. The van der Waals surface area contributed by atoms with E-state index in [1.165, 1.54) is 12.1 Å². The lowest BCUT2D eigenvalue weighted by atomic mass is 10.1. The molecule has 102 valence electrons. The van der Waals surface area contributed by atoms with Gasteiger partial charge in [0, 0.05) is 5.54 Å². The molecule has 0 amide bonds. The van der Waals surface area contributed by atoms with E-state index in [9.17, 15) is 10.1 Å². The Bertz CT molecular complexity index is 582. The Kier molecular flexibility index (Phi) is 3.34. The lowest BCUT2D eigenvalue weighted by Crippen LogP contribution is -2.35. The van der Waals surface area contributed by atoms with Crippen LogP contribution in [0.15, 0.2) is 21.1 Å². The maximum absolute atomic E-state index is 10.5. The zero-order chi connectivity index (χ0) is 14.0. The summed E-state index contributed by atoms with van der Waals surface area (Å²) in [5.74, 6) is 0.439. The first-order chi connectivity index (χ1) is 8.85. The van der Waals surface area contributed by atoms with Gasteiger partial charge in [0.05, 0.1) is 12.6 Å². The minimum absolute atomic E-state index is 0.0713. The summed E-state index contributed by atoms with van der Waals surface area (Å²) in [6, 6.07) is 2.68. The summed E-state index contributed by atoms with van der Waals surface area (Å²) < 4.78 is 10.0. The number of nitrogens with zero attached hydrogens (tertiary/aromatic N) is 3. The highest BCUT2D eigenvalue weighted by atomic mass is 16.6. The van der Waals surface area contributed by atoms with E-state index in [1.807, 2.05) is 20.8 Å². The molecule has 0 aromatic carbocycles. The van der Waals surface area contributed by atoms with Gasteiger partial charge in [0.15, 0.2) is 5.76 Å². The van der Waals surface area contributed by atoms with Gasteiger partial charge in [0.1, 0.15) is 4.92 Å². The Labute approximate surface area is 108 Å². The smallest absolute Gasteiger partial charge is 0.397 e. The van der Waals surface area contributed by atoms with Crippen LogP contribution in [0, 0.1) is 10.1 Å². The number of hydrogen-bond donors (Lipinski definition) is 1. The predicted molar refractivity (Wildman–Crippen MR) is 65.2 cm³/mol. The molecule has 19 heavy (non-hydrogen) atoms. The van der Waals surface area contributed by atoms with E-state index in [4.69, 9.17) is 8.94 Å². The van der Waals surface area contributed by atoms with Gasteiger partial charge < -0.3 is 14.3 Å². The summed E-state index contributed by atoms with van der Waals surface area (Å²) in [4.78, 5) is 14.0. The van der Waals surface area contributed by atoms with E-state index in [-0.39, 0.29) is 23.0 Å². The molecule has 2 rings (SSSR count). The summed E-state index contributed by atoms with van der Waals surface area (Å²) >= 11 is 0. The number of aromatic nitrogens is 2. The molecule has 8 heteroatoms. The van der Waals surface area contributed by atoms with Crippen LogP contribution >= 0.6 is 0 Å². The number of rotatable bonds is 4. The van der Waals surface area contributed by atoms with Gasteiger partial charge in [-0.25, -0.2) is 0 Å². The second kappa shape index (κ2) is 4.81. The molecule has 2 aromatic heterocycles. The number of nitrogens with one attached hydrogen (secondary N) is 1. The summed E-state index contributed by atoms with van der Waals surface area (Å²) in [7, 11) is 0. The third-order valence-corrected chi connectivity index (χ3v) is 2.23. The van der Waals surface area contributed by atoms with Gasteiger partial charge in [0.25, 0.3) is 0 Å². The highest BCUT2D eigenvalue weighted by Gasteiger charge is 2.18. The molecule has 0 bridgehead atoms. The maximum Gasteiger partial charge on any atom is 0.433 e. The van der Waals surface area contributed by atoms with E-state index in [2.05, 4.69) is 15.5 Å². The average Bonchev–Trinajstić information content (AvgIpc) is 2.94. The van der Waals surface area contributed by atoms with E-state index in [0.717, 1.165) is 0 Å². The Morgan fingerprint density at radius 1 is 1.42 bits per heavy atom. The van der Waals surface area contributed by atoms with Crippen molar-refractivity contribution < 1.29 is 13.9 Å². The van der Waals surface area contributed by atoms with Crippen LogP contribution in [0.5, 0.6) is 0 Å². The van der Waals surface area contributed by atoms with E-state index in [1.54, 1.807) is 0 Å². The SMILES string of the molecule is CC(C)(C)NCc1nc(-c2ccc([N+](=O)[O-])o2)no1. The second-order valence-electron chi connectivity index (χ2n) is 5.01. The van der Waals surface area contributed by atoms with Gasteiger partial charge in [0.2, 0.25) is 11.7 Å². The zero-order valence-electron chi connectivity index (χ0n) is 10.8. The Morgan fingerprint density at radius 2 is 2.16 bits per heavy atom. The van der Waals surface area contributed by atoms with Crippen LogP contribution in [-0.4, -0.2) is 20.6 Å².